The molecule has 26 heavy (non-hydrogen) atoms. The first kappa shape index (κ1) is 15.6. The van der Waals surface area contributed by atoms with Crippen molar-refractivity contribution in [2.45, 2.75) is 12.8 Å². The molecule has 6 heteroatoms. The lowest BCUT2D eigenvalue weighted by Crippen LogP contribution is -2.30. The number of hydrogen-bond acceptors (Lipinski definition) is 5. The van der Waals surface area contributed by atoms with Gasteiger partial charge in [0.05, 0.1) is 32.3 Å². The molecule has 0 aromatic heterocycles. The first-order valence-corrected chi connectivity index (χ1v) is 8.93. The molecule has 0 unspecified atom stereocenters. The number of ether oxygens (including phenoxy) is 2. The van der Waals surface area contributed by atoms with Crippen LogP contribution >= 0.6 is 0 Å². The minimum absolute atomic E-state index is 0.153. The van der Waals surface area contributed by atoms with E-state index in [1.54, 1.807) is 32.4 Å². The molecule has 2 bridgehead atoms. The molecule has 6 nitrogen and oxygen atoms in total. The van der Waals surface area contributed by atoms with Crippen LogP contribution in [0.3, 0.4) is 0 Å². The van der Waals surface area contributed by atoms with E-state index in [4.69, 9.17) is 9.47 Å². The molecular weight excluding hydrogens is 332 g/mol. The minimum Gasteiger partial charge on any atom is -0.493 e. The van der Waals surface area contributed by atoms with E-state index in [-0.39, 0.29) is 40.9 Å². The van der Waals surface area contributed by atoms with Crippen LogP contribution in [0.15, 0.2) is 35.5 Å². The molecule has 0 radical (unpaired) electrons. The lowest BCUT2D eigenvalue weighted by molar-refractivity contribution is -0.141. The monoisotopic (exact) mass is 352 g/mol. The van der Waals surface area contributed by atoms with Gasteiger partial charge in [0, 0.05) is 0 Å². The molecule has 1 saturated heterocycles. The lowest BCUT2D eigenvalue weighted by Gasteiger charge is -2.18. The molecule has 0 N–H and O–H groups in total. The standard InChI is InChI=1S/C20H20N2O4/c1-25-14-6-3-11(9-15(14)26-2)10-21-22-18(23)16-12-4-5-13(17(16)19(22)24)20(12)7-8-20/h3-6,9-10,12-13,16-17H,7-8H2,1-2H3/b21-10-/t12-,13-,16-,17+/m0/s1. The summed E-state index contributed by atoms with van der Waals surface area (Å²) in [6.45, 7) is 0. The van der Waals surface area contributed by atoms with E-state index >= 15 is 0 Å². The highest BCUT2D eigenvalue weighted by Crippen LogP contribution is 2.73. The Hall–Kier alpha value is -2.63. The predicted molar refractivity (Wildman–Crippen MR) is 93.8 cm³/mol. The molecule has 2 saturated carbocycles. The van der Waals surface area contributed by atoms with Crippen LogP contribution in [0.5, 0.6) is 11.5 Å². The number of rotatable bonds is 4. The van der Waals surface area contributed by atoms with E-state index in [1.807, 2.05) is 0 Å². The number of imide groups is 1. The van der Waals surface area contributed by atoms with Crippen molar-refractivity contribution in [1.82, 2.24) is 5.01 Å². The molecular formula is C20H20N2O4. The van der Waals surface area contributed by atoms with Crippen LogP contribution in [0, 0.1) is 29.1 Å². The molecule has 4 atom stereocenters. The summed E-state index contributed by atoms with van der Waals surface area (Å²) in [6, 6.07) is 5.34. The van der Waals surface area contributed by atoms with E-state index in [0.29, 0.717) is 11.5 Å². The number of nitrogens with zero attached hydrogens (tertiary/aromatic N) is 2. The third-order valence-electron chi connectivity index (χ3n) is 6.56. The summed E-state index contributed by atoms with van der Waals surface area (Å²) in [5.74, 6) is 0.880. The maximum absolute atomic E-state index is 12.9. The molecule has 3 fully saturated rings. The average Bonchev–Trinajstić information content (AvgIpc) is 3.26. The Labute approximate surface area is 151 Å². The van der Waals surface area contributed by atoms with Crippen molar-refractivity contribution in [2.75, 3.05) is 14.2 Å². The third kappa shape index (κ3) is 1.84. The van der Waals surface area contributed by atoms with Crippen molar-refractivity contribution in [3.63, 3.8) is 0 Å². The topological polar surface area (TPSA) is 68.2 Å². The molecule has 4 aliphatic rings. The molecule has 1 aliphatic heterocycles. The zero-order chi connectivity index (χ0) is 18.1. The van der Waals surface area contributed by atoms with Crippen molar-refractivity contribution >= 4 is 18.0 Å². The maximum Gasteiger partial charge on any atom is 0.254 e. The molecule has 1 aromatic carbocycles. The summed E-state index contributed by atoms with van der Waals surface area (Å²) in [4.78, 5) is 25.7. The molecule has 3 aliphatic carbocycles. The summed E-state index contributed by atoms with van der Waals surface area (Å²) in [5, 5.41) is 5.30. The number of hydrazone groups is 1. The van der Waals surface area contributed by atoms with E-state index in [9.17, 15) is 9.59 Å². The number of amides is 2. The Morgan fingerprint density at radius 2 is 1.65 bits per heavy atom. The van der Waals surface area contributed by atoms with Gasteiger partial charge in [-0.3, -0.25) is 9.59 Å². The van der Waals surface area contributed by atoms with Gasteiger partial charge in [-0.1, -0.05) is 12.2 Å². The van der Waals surface area contributed by atoms with Gasteiger partial charge in [-0.25, -0.2) is 0 Å². The lowest BCUT2D eigenvalue weighted by atomic mass is 9.85. The van der Waals surface area contributed by atoms with E-state index < -0.39 is 0 Å². The van der Waals surface area contributed by atoms with Crippen LogP contribution < -0.4 is 9.47 Å². The van der Waals surface area contributed by atoms with E-state index in [0.717, 1.165) is 23.4 Å². The van der Waals surface area contributed by atoms with Crippen molar-refractivity contribution in [3.05, 3.63) is 35.9 Å². The fraction of sp³-hybridized carbons (Fsp3) is 0.450. The molecule has 1 heterocycles. The number of benzene rings is 1. The van der Waals surface area contributed by atoms with Gasteiger partial charge in [-0.05, 0) is 53.9 Å². The summed E-state index contributed by atoms with van der Waals surface area (Å²) in [6.07, 6.45) is 8.12. The van der Waals surface area contributed by atoms with Crippen LogP contribution in [-0.4, -0.2) is 37.3 Å². The molecule has 1 spiro atoms. The average molecular weight is 352 g/mol. The van der Waals surface area contributed by atoms with E-state index in [1.165, 1.54) is 6.21 Å². The fourth-order valence-corrected chi connectivity index (χ4v) is 5.23. The van der Waals surface area contributed by atoms with Crippen LogP contribution in [-0.2, 0) is 9.59 Å². The van der Waals surface area contributed by atoms with Gasteiger partial charge in [0.15, 0.2) is 11.5 Å². The first-order chi connectivity index (χ1) is 12.6. The number of carbonyl (C=O) groups is 2. The highest BCUT2D eigenvalue weighted by atomic mass is 16.5. The highest BCUT2D eigenvalue weighted by Gasteiger charge is 2.73. The highest BCUT2D eigenvalue weighted by molar-refractivity contribution is 6.07. The molecule has 2 amide bonds. The molecule has 1 aromatic rings. The SMILES string of the molecule is COc1ccc(/C=N\N2C(=O)[C@@H]3[C@H](C2=O)[C@@H]2C=C[C@@H]3C23CC3)cc1OC. The molecule has 134 valence electrons. The fourth-order valence-electron chi connectivity index (χ4n) is 5.23. The third-order valence-corrected chi connectivity index (χ3v) is 6.56. The smallest absolute Gasteiger partial charge is 0.254 e. The van der Waals surface area contributed by atoms with Gasteiger partial charge in [0.25, 0.3) is 11.8 Å². The van der Waals surface area contributed by atoms with Crippen LogP contribution in [0.25, 0.3) is 0 Å². The van der Waals surface area contributed by atoms with Gasteiger partial charge >= 0.3 is 0 Å². The largest absolute Gasteiger partial charge is 0.493 e. The van der Waals surface area contributed by atoms with Crippen molar-refractivity contribution < 1.29 is 19.1 Å². The summed E-state index contributed by atoms with van der Waals surface area (Å²) < 4.78 is 10.5. The van der Waals surface area contributed by atoms with E-state index in [2.05, 4.69) is 17.3 Å². The van der Waals surface area contributed by atoms with Gasteiger partial charge in [-0.2, -0.15) is 10.1 Å². The quantitative estimate of drug-likeness (QED) is 0.473. The predicted octanol–water partition coefficient (Wildman–Crippen LogP) is 2.23. The number of fused-ring (bicyclic) bond motifs is 3. The Morgan fingerprint density at radius 1 is 1.04 bits per heavy atom. The van der Waals surface area contributed by atoms with Gasteiger partial charge in [0.2, 0.25) is 0 Å². The second-order valence-electron chi connectivity index (χ2n) is 7.57. The summed E-state index contributed by atoms with van der Waals surface area (Å²) >= 11 is 0. The van der Waals surface area contributed by atoms with Gasteiger partial charge in [0.1, 0.15) is 0 Å². The summed E-state index contributed by atoms with van der Waals surface area (Å²) in [5.41, 5.74) is 0.944. The number of allylic oxidation sites excluding steroid dienone is 2. The summed E-state index contributed by atoms with van der Waals surface area (Å²) in [7, 11) is 3.13. The zero-order valence-electron chi connectivity index (χ0n) is 14.7. The number of carbonyl (C=O) groups excluding carboxylic acids is 2. The minimum atomic E-state index is -0.220. The van der Waals surface area contributed by atoms with Gasteiger partial charge in [-0.15, -0.1) is 0 Å². The van der Waals surface area contributed by atoms with Crippen LogP contribution in [0.1, 0.15) is 18.4 Å². The zero-order valence-corrected chi connectivity index (χ0v) is 14.7. The Balaban J connectivity index is 1.40. The second kappa shape index (κ2) is 5.19. The van der Waals surface area contributed by atoms with Crippen molar-refractivity contribution in [1.29, 1.82) is 0 Å². The van der Waals surface area contributed by atoms with Gasteiger partial charge < -0.3 is 9.47 Å². The second-order valence-corrected chi connectivity index (χ2v) is 7.57. The Morgan fingerprint density at radius 3 is 2.19 bits per heavy atom. The normalized spacial score (nSPS) is 32.8. The van der Waals surface area contributed by atoms with Crippen molar-refractivity contribution in [3.8, 4) is 11.5 Å². The number of methoxy groups -OCH3 is 2. The molecule has 5 rings (SSSR count). The Bertz CT molecular complexity index is 837. The maximum atomic E-state index is 12.9. The first-order valence-electron chi connectivity index (χ1n) is 8.93. The number of hydrogen-bond donors (Lipinski definition) is 0. The van der Waals surface area contributed by atoms with Crippen molar-refractivity contribution in [2.24, 2.45) is 34.2 Å². The Kier molecular flexibility index (Phi) is 3.12. The van der Waals surface area contributed by atoms with Crippen LogP contribution in [0.4, 0.5) is 0 Å². The van der Waals surface area contributed by atoms with Crippen LogP contribution in [0.2, 0.25) is 0 Å².